The fourth-order valence-corrected chi connectivity index (χ4v) is 2.04. The summed E-state index contributed by atoms with van der Waals surface area (Å²) in [6.45, 7) is 8.25. The molecule has 0 bridgehead atoms. The fraction of sp³-hybridized carbons (Fsp3) is 1.00. The predicted octanol–water partition coefficient (Wildman–Crippen LogP) is 2.52. The van der Waals surface area contributed by atoms with Crippen LogP contribution in [0.4, 0.5) is 0 Å². The summed E-state index contributed by atoms with van der Waals surface area (Å²) in [5, 5.41) is 0. The molecule has 1 nitrogen and oxygen atoms in total. The Morgan fingerprint density at radius 2 is 1.55 bits per heavy atom. The monoisotopic (exact) mass is 158 g/mol. The van der Waals surface area contributed by atoms with Crippen molar-refractivity contribution in [3.8, 4) is 0 Å². The van der Waals surface area contributed by atoms with Crippen molar-refractivity contribution in [2.45, 2.75) is 33.6 Å². The maximum atomic E-state index is 2.36. The molecule has 68 valence electrons. The molecule has 0 saturated carbocycles. The molecular formula is C10H24N+. The molecule has 0 heterocycles. The Morgan fingerprint density at radius 1 is 1.09 bits per heavy atom. The summed E-state index contributed by atoms with van der Waals surface area (Å²) < 4.78 is 1.08. The highest BCUT2D eigenvalue weighted by molar-refractivity contribution is 4.66. The predicted molar refractivity (Wildman–Crippen MR) is 51.6 cm³/mol. The van der Waals surface area contributed by atoms with E-state index >= 15 is 0 Å². The normalized spacial score (nSPS) is 13.6. The van der Waals surface area contributed by atoms with E-state index in [1.165, 1.54) is 19.4 Å². The van der Waals surface area contributed by atoms with E-state index in [1.54, 1.807) is 0 Å². The summed E-state index contributed by atoms with van der Waals surface area (Å²) in [7, 11) is 6.78. The van der Waals surface area contributed by atoms with Crippen LogP contribution in [0.25, 0.3) is 0 Å². The first-order valence-corrected chi connectivity index (χ1v) is 4.57. The van der Waals surface area contributed by atoms with Gasteiger partial charge >= 0.3 is 0 Å². The van der Waals surface area contributed by atoms with Crippen molar-refractivity contribution in [3.63, 3.8) is 0 Å². The van der Waals surface area contributed by atoms with E-state index in [1.807, 2.05) is 0 Å². The molecule has 0 atom stereocenters. The van der Waals surface area contributed by atoms with Crippen LogP contribution >= 0.6 is 0 Å². The second kappa shape index (κ2) is 3.57. The van der Waals surface area contributed by atoms with Gasteiger partial charge in [-0.1, -0.05) is 27.2 Å². The van der Waals surface area contributed by atoms with Crippen LogP contribution in [0.2, 0.25) is 0 Å². The first-order valence-electron chi connectivity index (χ1n) is 4.57. The van der Waals surface area contributed by atoms with Gasteiger partial charge < -0.3 is 4.48 Å². The number of hydrogen-bond donors (Lipinski definition) is 0. The molecule has 0 saturated heterocycles. The van der Waals surface area contributed by atoms with E-state index in [9.17, 15) is 0 Å². The lowest BCUT2D eigenvalue weighted by atomic mass is 9.87. The number of nitrogens with zero attached hydrogens (tertiary/aromatic N) is 1. The van der Waals surface area contributed by atoms with Crippen molar-refractivity contribution in [2.75, 3.05) is 27.7 Å². The van der Waals surface area contributed by atoms with Gasteiger partial charge in [-0.25, -0.2) is 0 Å². The van der Waals surface area contributed by atoms with E-state index in [0.29, 0.717) is 5.41 Å². The Labute approximate surface area is 72.0 Å². The zero-order valence-electron chi connectivity index (χ0n) is 9.07. The molecule has 0 aromatic heterocycles. The zero-order valence-corrected chi connectivity index (χ0v) is 9.07. The molecule has 0 unspecified atom stereocenters. The number of rotatable bonds is 4. The highest BCUT2D eigenvalue weighted by Crippen LogP contribution is 2.24. The Hall–Kier alpha value is -0.0400. The Balaban J connectivity index is 3.91. The largest absolute Gasteiger partial charge is 0.330 e. The molecule has 0 fully saturated rings. The van der Waals surface area contributed by atoms with Gasteiger partial charge in [0.15, 0.2) is 0 Å². The third kappa shape index (κ3) is 6.36. The van der Waals surface area contributed by atoms with Crippen LogP contribution in [-0.2, 0) is 0 Å². The van der Waals surface area contributed by atoms with E-state index in [0.717, 1.165) is 4.48 Å². The molecule has 0 aromatic carbocycles. The van der Waals surface area contributed by atoms with Gasteiger partial charge in [-0.05, 0) is 6.42 Å². The fourth-order valence-electron chi connectivity index (χ4n) is 2.04. The molecule has 0 aliphatic rings. The van der Waals surface area contributed by atoms with E-state index in [-0.39, 0.29) is 0 Å². The second-order valence-electron chi connectivity index (χ2n) is 5.36. The molecule has 1 heteroatoms. The van der Waals surface area contributed by atoms with Crippen molar-refractivity contribution >= 4 is 0 Å². The summed E-state index contributed by atoms with van der Waals surface area (Å²) in [6, 6.07) is 0. The smallest absolute Gasteiger partial charge is 0.0832 e. The average Bonchev–Trinajstić information content (AvgIpc) is 1.55. The van der Waals surface area contributed by atoms with Crippen molar-refractivity contribution in [2.24, 2.45) is 5.41 Å². The summed E-state index contributed by atoms with van der Waals surface area (Å²) in [5.41, 5.74) is 0.507. The average molecular weight is 158 g/mol. The standard InChI is InChI=1S/C10H24N/c1-7-8-10(2,3)9-11(4,5)6/h7-9H2,1-6H3/q+1. The van der Waals surface area contributed by atoms with Crippen LogP contribution in [0.1, 0.15) is 33.6 Å². The minimum Gasteiger partial charge on any atom is -0.330 e. The summed E-state index contributed by atoms with van der Waals surface area (Å²) in [4.78, 5) is 0. The Bertz CT molecular complexity index is 109. The summed E-state index contributed by atoms with van der Waals surface area (Å²) in [5.74, 6) is 0. The van der Waals surface area contributed by atoms with Crippen molar-refractivity contribution in [3.05, 3.63) is 0 Å². The van der Waals surface area contributed by atoms with Gasteiger partial charge in [0.05, 0.1) is 27.7 Å². The maximum absolute atomic E-state index is 2.36. The van der Waals surface area contributed by atoms with Crippen LogP contribution in [0.3, 0.4) is 0 Å². The highest BCUT2D eigenvalue weighted by atomic mass is 15.3. The quantitative estimate of drug-likeness (QED) is 0.552. The van der Waals surface area contributed by atoms with Gasteiger partial charge in [-0.3, -0.25) is 0 Å². The number of quaternary nitrogens is 1. The molecule has 0 aliphatic carbocycles. The molecule has 0 rings (SSSR count). The lowest BCUT2D eigenvalue weighted by Gasteiger charge is -2.34. The molecule has 0 amide bonds. The molecule has 0 aromatic rings. The van der Waals surface area contributed by atoms with Crippen LogP contribution in [0.5, 0.6) is 0 Å². The summed E-state index contributed by atoms with van der Waals surface area (Å²) >= 11 is 0. The maximum Gasteiger partial charge on any atom is 0.0832 e. The minimum absolute atomic E-state index is 0.507. The Kier molecular flexibility index (Phi) is 3.56. The van der Waals surface area contributed by atoms with Crippen molar-refractivity contribution in [1.82, 2.24) is 0 Å². The van der Waals surface area contributed by atoms with Gasteiger partial charge in [-0.2, -0.15) is 0 Å². The van der Waals surface area contributed by atoms with E-state index in [4.69, 9.17) is 0 Å². The van der Waals surface area contributed by atoms with Gasteiger partial charge in [0.1, 0.15) is 0 Å². The van der Waals surface area contributed by atoms with Gasteiger partial charge in [0, 0.05) is 5.41 Å². The lowest BCUT2D eigenvalue weighted by molar-refractivity contribution is -0.877. The van der Waals surface area contributed by atoms with Crippen LogP contribution < -0.4 is 0 Å². The Morgan fingerprint density at radius 3 is 1.82 bits per heavy atom. The van der Waals surface area contributed by atoms with Crippen molar-refractivity contribution in [1.29, 1.82) is 0 Å². The minimum atomic E-state index is 0.507. The molecular weight excluding hydrogens is 134 g/mol. The molecule has 0 N–H and O–H groups in total. The first-order chi connectivity index (χ1) is 4.77. The lowest BCUT2D eigenvalue weighted by Crippen LogP contribution is -2.42. The number of hydrogen-bond acceptors (Lipinski definition) is 0. The zero-order chi connectivity index (χ0) is 9.12. The van der Waals surface area contributed by atoms with E-state index < -0.39 is 0 Å². The summed E-state index contributed by atoms with van der Waals surface area (Å²) in [6.07, 6.45) is 2.63. The topological polar surface area (TPSA) is 0 Å². The van der Waals surface area contributed by atoms with Crippen LogP contribution in [0.15, 0.2) is 0 Å². The third-order valence-electron chi connectivity index (χ3n) is 1.83. The molecule has 0 radical (unpaired) electrons. The SMILES string of the molecule is CCCC(C)(C)C[N+](C)(C)C. The first kappa shape index (κ1) is 11.0. The van der Waals surface area contributed by atoms with Crippen molar-refractivity contribution < 1.29 is 4.48 Å². The van der Waals surface area contributed by atoms with Crippen LogP contribution in [0, 0.1) is 5.41 Å². The molecule has 0 aliphatic heterocycles. The molecule has 11 heavy (non-hydrogen) atoms. The second-order valence-corrected chi connectivity index (χ2v) is 5.36. The third-order valence-corrected chi connectivity index (χ3v) is 1.83. The van der Waals surface area contributed by atoms with Gasteiger partial charge in [-0.15, -0.1) is 0 Å². The van der Waals surface area contributed by atoms with Gasteiger partial charge in [0.2, 0.25) is 0 Å². The molecule has 0 spiro atoms. The van der Waals surface area contributed by atoms with E-state index in [2.05, 4.69) is 41.9 Å². The van der Waals surface area contributed by atoms with Crippen LogP contribution in [-0.4, -0.2) is 32.2 Å². The van der Waals surface area contributed by atoms with Gasteiger partial charge in [0.25, 0.3) is 0 Å². The highest BCUT2D eigenvalue weighted by Gasteiger charge is 2.24.